The Labute approximate surface area is 266 Å². The van der Waals surface area contributed by atoms with Crippen molar-refractivity contribution in [3.05, 3.63) is 151 Å². The number of nitrogens with one attached hydrogen (secondary N) is 1. The standard InChI is InChI=1S/C34H23BrCl2N4O2/c35-23-12-17-30-26(19-23)34(43)41(25-15-13-24(14-16-25)38-20-22-7-2-4-11-31(22)42)32(39-30)18-21-6-1-3-10-29(21)40-33-27(36)8-5-9-28(33)37/h1-17,19-20,40,42H,18H2. The van der Waals surface area contributed by atoms with Crippen LogP contribution in [-0.4, -0.2) is 20.9 Å². The van der Waals surface area contributed by atoms with E-state index in [4.69, 9.17) is 28.2 Å². The molecule has 1 heterocycles. The summed E-state index contributed by atoms with van der Waals surface area (Å²) in [4.78, 5) is 23.4. The van der Waals surface area contributed by atoms with Crippen molar-refractivity contribution < 1.29 is 5.11 Å². The summed E-state index contributed by atoms with van der Waals surface area (Å²) < 4.78 is 2.42. The molecule has 0 fully saturated rings. The number of aromatic nitrogens is 2. The van der Waals surface area contributed by atoms with E-state index < -0.39 is 0 Å². The Hall–Kier alpha value is -4.43. The number of fused-ring (bicyclic) bond motifs is 1. The number of hydrogen-bond acceptors (Lipinski definition) is 5. The van der Waals surface area contributed by atoms with Gasteiger partial charge in [-0.1, -0.05) is 75.5 Å². The molecule has 0 radical (unpaired) electrons. The lowest BCUT2D eigenvalue weighted by Crippen LogP contribution is -2.24. The number of para-hydroxylation sites is 3. The van der Waals surface area contributed by atoms with Crippen molar-refractivity contribution in [3.63, 3.8) is 0 Å². The molecule has 0 saturated carbocycles. The summed E-state index contributed by atoms with van der Waals surface area (Å²) in [6.45, 7) is 0. The van der Waals surface area contributed by atoms with Gasteiger partial charge in [0.2, 0.25) is 0 Å². The monoisotopic (exact) mass is 668 g/mol. The first-order chi connectivity index (χ1) is 20.9. The number of aliphatic imine (C=N–C) groups is 1. The molecule has 1 aromatic heterocycles. The fraction of sp³-hybridized carbons (Fsp3) is 0.0294. The van der Waals surface area contributed by atoms with Crippen molar-refractivity contribution in [2.24, 2.45) is 4.99 Å². The normalized spacial score (nSPS) is 11.3. The summed E-state index contributed by atoms with van der Waals surface area (Å²) in [5.41, 5.74) is 4.64. The lowest BCUT2D eigenvalue weighted by molar-refractivity contribution is 0.474. The van der Waals surface area contributed by atoms with E-state index in [1.54, 1.807) is 53.2 Å². The highest BCUT2D eigenvalue weighted by Gasteiger charge is 2.16. The number of phenolic OH excluding ortho intramolecular Hbond substituents is 1. The van der Waals surface area contributed by atoms with E-state index in [2.05, 4.69) is 26.2 Å². The summed E-state index contributed by atoms with van der Waals surface area (Å²) in [5, 5.41) is 14.9. The van der Waals surface area contributed by atoms with Gasteiger partial charge >= 0.3 is 0 Å². The van der Waals surface area contributed by atoms with Crippen LogP contribution in [-0.2, 0) is 6.42 Å². The van der Waals surface area contributed by atoms with E-state index in [1.807, 2.05) is 66.7 Å². The molecule has 43 heavy (non-hydrogen) atoms. The number of aromatic hydroxyl groups is 1. The van der Waals surface area contributed by atoms with Crippen LogP contribution in [0.5, 0.6) is 5.75 Å². The third-order valence-corrected chi connectivity index (χ3v) is 8.01. The van der Waals surface area contributed by atoms with Crippen molar-refractivity contribution >= 4 is 73.3 Å². The molecule has 0 amide bonds. The van der Waals surface area contributed by atoms with Gasteiger partial charge in [-0.05, 0) is 78.4 Å². The molecule has 0 aliphatic carbocycles. The Morgan fingerprint density at radius 1 is 0.884 bits per heavy atom. The van der Waals surface area contributed by atoms with Crippen LogP contribution in [0.1, 0.15) is 17.0 Å². The van der Waals surface area contributed by atoms with E-state index in [-0.39, 0.29) is 11.3 Å². The Balaban J connectivity index is 1.42. The van der Waals surface area contributed by atoms with Gasteiger partial charge in [-0.25, -0.2) is 4.98 Å². The summed E-state index contributed by atoms with van der Waals surface area (Å²) in [7, 11) is 0. The van der Waals surface area contributed by atoms with Crippen molar-refractivity contribution in [3.8, 4) is 11.4 Å². The van der Waals surface area contributed by atoms with Gasteiger partial charge in [-0.3, -0.25) is 14.4 Å². The molecule has 0 atom stereocenters. The third kappa shape index (κ3) is 6.20. The molecule has 0 aliphatic heterocycles. The second-order valence-electron chi connectivity index (χ2n) is 9.72. The smallest absolute Gasteiger partial charge is 0.266 e. The highest BCUT2D eigenvalue weighted by Crippen LogP contribution is 2.34. The molecule has 5 aromatic carbocycles. The minimum Gasteiger partial charge on any atom is -0.507 e. The Morgan fingerprint density at radius 2 is 1.60 bits per heavy atom. The number of anilines is 2. The van der Waals surface area contributed by atoms with Crippen molar-refractivity contribution in [1.29, 1.82) is 0 Å². The molecule has 2 N–H and O–H groups in total. The van der Waals surface area contributed by atoms with Crippen LogP contribution < -0.4 is 10.9 Å². The molecule has 9 heteroatoms. The maximum atomic E-state index is 14.0. The fourth-order valence-corrected chi connectivity index (χ4v) is 5.59. The van der Waals surface area contributed by atoms with Gasteiger partial charge in [0.15, 0.2) is 0 Å². The van der Waals surface area contributed by atoms with E-state index in [0.717, 1.165) is 15.7 Å². The Morgan fingerprint density at radius 3 is 2.37 bits per heavy atom. The zero-order valence-electron chi connectivity index (χ0n) is 22.5. The Bertz CT molecular complexity index is 2040. The molecule has 0 bridgehead atoms. The first-order valence-electron chi connectivity index (χ1n) is 13.3. The molecule has 6 aromatic rings. The molecule has 0 saturated heterocycles. The van der Waals surface area contributed by atoms with E-state index in [9.17, 15) is 9.90 Å². The largest absolute Gasteiger partial charge is 0.507 e. The molecule has 212 valence electrons. The zero-order chi connectivity index (χ0) is 29.9. The second kappa shape index (κ2) is 12.4. The predicted molar refractivity (Wildman–Crippen MR) is 179 cm³/mol. The van der Waals surface area contributed by atoms with E-state index in [0.29, 0.717) is 55.8 Å². The van der Waals surface area contributed by atoms with Crippen LogP contribution in [0.15, 0.2) is 123 Å². The molecule has 6 rings (SSSR count). The molecule has 0 unspecified atom stereocenters. The summed E-state index contributed by atoms with van der Waals surface area (Å²) >= 11 is 16.4. The average molecular weight is 670 g/mol. The topological polar surface area (TPSA) is 79.5 Å². The van der Waals surface area contributed by atoms with Crippen LogP contribution >= 0.6 is 39.1 Å². The zero-order valence-corrected chi connectivity index (χ0v) is 25.6. The van der Waals surface area contributed by atoms with Crippen LogP contribution in [0.3, 0.4) is 0 Å². The number of phenols is 1. The molecule has 0 aliphatic rings. The highest BCUT2D eigenvalue weighted by atomic mass is 79.9. The SMILES string of the molecule is O=c1c2cc(Br)ccc2nc(Cc2ccccc2Nc2c(Cl)cccc2Cl)n1-c1ccc(N=Cc2ccccc2O)cc1. The summed E-state index contributed by atoms with van der Waals surface area (Å²) in [6.07, 6.45) is 1.95. The first kappa shape index (κ1) is 28.7. The van der Waals surface area contributed by atoms with Crippen LogP contribution in [0.25, 0.3) is 16.6 Å². The molecular weight excluding hydrogens is 647 g/mol. The van der Waals surface area contributed by atoms with Gasteiger partial charge in [-0.2, -0.15) is 0 Å². The quantitative estimate of drug-likeness (QED) is 0.166. The van der Waals surface area contributed by atoms with Gasteiger partial charge in [-0.15, -0.1) is 0 Å². The molecule has 6 nitrogen and oxygen atoms in total. The van der Waals surface area contributed by atoms with Gasteiger partial charge in [0, 0.05) is 28.4 Å². The van der Waals surface area contributed by atoms with Crippen molar-refractivity contribution in [2.75, 3.05) is 5.32 Å². The van der Waals surface area contributed by atoms with Crippen LogP contribution in [0, 0.1) is 0 Å². The number of halogens is 3. The minimum absolute atomic E-state index is 0.152. The van der Waals surface area contributed by atoms with Crippen molar-refractivity contribution in [1.82, 2.24) is 9.55 Å². The van der Waals surface area contributed by atoms with Gasteiger partial charge in [0.1, 0.15) is 11.6 Å². The lowest BCUT2D eigenvalue weighted by atomic mass is 10.1. The van der Waals surface area contributed by atoms with E-state index >= 15 is 0 Å². The Kier molecular flexibility index (Phi) is 8.29. The number of hydrogen-bond donors (Lipinski definition) is 2. The summed E-state index contributed by atoms with van der Waals surface area (Å²) in [5.74, 6) is 0.712. The van der Waals surface area contributed by atoms with E-state index in [1.165, 1.54) is 0 Å². The van der Waals surface area contributed by atoms with Gasteiger partial charge in [0.05, 0.1) is 38.0 Å². The predicted octanol–water partition coefficient (Wildman–Crippen LogP) is 9.25. The van der Waals surface area contributed by atoms with Crippen LogP contribution in [0.2, 0.25) is 10.0 Å². The number of benzene rings is 5. The van der Waals surface area contributed by atoms with Crippen LogP contribution in [0.4, 0.5) is 17.1 Å². The maximum Gasteiger partial charge on any atom is 0.266 e. The number of rotatable bonds is 7. The number of nitrogens with zero attached hydrogens (tertiary/aromatic N) is 3. The lowest BCUT2D eigenvalue weighted by Gasteiger charge is -2.17. The minimum atomic E-state index is -0.189. The fourth-order valence-electron chi connectivity index (χ4n) is 4.74. The first-order valence-corrected chi connectivity index (χ1v) is 14.8. The average Bonchev–Trinajstić information content (AvgIpc) is 3.00. The van der Waals surface area contributed by atoms with Gasteiger partial charge in [0.25, 0.3) is 5.56 Å². The molecular formula is C34H23BrCl2N4O2. The highest BCUT2D eigenvalue weighted by molar-refractivity contribution is 9.10. The molecule has 0 spiro atoms. The summed E-state index contributed by atoms with van der Waals surface area (Å²) in [6, 6.07) is 32.9. The second-order valence-corrected chi connectivity index (χ2v) is 11.4. The van der Waals surface area contributed by atoms with Gasteiger partial charge < -0.3 is 10.4 Å². The third-order valence-electron chi connectivity index (χ3n) is 6.89. The maximum absolute atomic E-state index is 14.0. The van der Waals surface area contributed by atoms with Crippen molar-refractivity contribution in [2.45, 2.75) is 6.42 Å².